The average molecular weight is 247 g/mol. The highest BCUT2D eigenvalue weighted by Crippen LogP contribution is 2.31. The molecule has 17 heavy (non-hydrogen) atoms. The fourth-order valence-electron chi connectivity index (χ4n) is 2.02. The number of fused-ring (bicyclic) bond motifs is 1. The lowest BCUT2D eigenvalue weighted by molar-refractivity contribution is 0.219. The Morgan fingerprint density at radius 3 is 3.12 bits per heavy atom. The summed E-state index contributed by atoms with van der Waals surface area (Å²) in [5.41, 5.74) is 3.02. The zero-order valence-corrected chi connectivity index (χ0v) is 10.3. The third-order valence-corrected chi connectivity index (χ3v) is 3.91. The van der Waals surface area contributed by atoms with Gasteiger partial charge in [-0.15, -0.1) is 11.3 Å². The largest absolute Gasteiger partial charge is 0.493 e. The molecule has 1 aliphatic rings. The van der Waals surface area contributed by atoms with Crippen molar-refractivity contribution in [3.8, 4) is 5.75 Å². The molecular weight excluding hydrogens is 234 g/mol. The highest BCUT2D eigenvalue weighted by Gasteiger charge is 2.18. The van der Waals surface area contributed by atoms with Crippen LogP contribution in [0.4, 0.5) is 0 Å². The van der Waals surface area contributed by atoms with Crippen LogP contribution in [0.2, 0.25) is 0 Å². The van der Waals surface area contributed by atoms with Crippen molar-refractivity contribution >= 4 is 11.3 Å². The summed E-state index contributed by atoms with van der Waals surface area (Å²) in [7, 11) is 0. The number of ether oxygens (including phenoxy) is 1. The van der Waals surface area contributed by atoms with Crippen molar-refractivity contribution in [1.82, 2.24) is 4.98 Å². The molecule has 88 valence electrons. The molecule has 3 nitrogen and oxygen atoms in total. The Balaban J connectivity index is 1.94. The van der Waals surface area contributed by atoms with Crippen molar-refractivity contribution < 1.29 is 9.84 Å². The topological polar surface area (TPSA) is 42.4 Å². The third kappa shape index (κ3) is 1.94. The van der Waals surface area contributed by atoms with Gasteiger partial charge in [-0.25, -0.2) is 4.98 Å². The van der Waals surface area contributed by atoms with Crippen LogP contribution in [-0.2, 0) is 6.42 Å². The first-order valence-corrected chi connectivity index (χ1v) is 6.48. The van der Waals surface area contributed by atoms with E-state index in [4.69, 9.17) is 4.74 Å². The molecule has 1 atom stereocenters. The van der Waals surface area contributed by atoms with Crippen LogP contribution in [0.25, 0.3) is 0 Å². The maximum Gasteiger partial charge on any atom is 0.131 e. The van der Waals surface area contributed by atoms with Gasteiger partial charge in [-0.3, -0.25) is 0 Å². The van der Waals surface area contributed by atoms with Gasteiger partial charge in [0.2, 0.25) is 0 Å². The maximum atomic E-state index is 10.2. The lowest BCUT2D eigenvalue weighted by Crippen LogP contribution is -1.99. The molecule has 3 rings (SSSR count). The Labute approximate surface area is 104 Å². The van der Waals surface area contributed by atoms with Crippen molar-refractivity contribution in [3.05, 3.63) is 45.4 Å². The number of aromatic nitrogens is 1. The standard InChI is InChI=1S/C13H13NO2S/c1-8-7-17-13(14-8)12(15)10-2-3-11-9(6-10)4-5-16-11/h2-3,6-7,12,15H,4-5H2,1H3. The highest BCUT2D eigenvalue weighted by atomic mass is 32.1. The molecule has 0 fully saturated rings. The van der Waals surface area contributed by atoms with E-state index in [0.29, 0.717) is 0 Å². The zero-order chi connectivity index (χ0) is 11.8. The quantitative estimate of drug-likeness (QED) is 0.886. The Hall–Kier alpha value is -1.39. The van der Waals surface area contributed by atoms with Crippen LogP contribution >= 0.6 is 11.3 Å². The molecule has 0 saturated heterocycles. The van der Waals surface area contributed by atoms with E-state index in [-0.39, 0.29) is 0 Å². The van der Waals surface area contributed by atoms with E-state index in [9.17, 15) is 5.11 Å². The molecular formula is C13H13NO2S. The molecule has 2 heterocycles. The first-order valence-electron chi connectivity index (χ1n) is 5.60. The summed E-state index contributed by atoms with van der Waals surface area (Å²) in [6, 6.07) is 5.86. The van der Waals surface area contributed by atoms with E-state index in [2.05, 4.69) is 4.98 Å². The molecule has 0 amide bonds. The Kier molecular flexibility index (Phi) is 2.61. The molecule has 1 N–H and O–H groups in total. The van der Waals surface area contributed by atoms with Gasteiger partial charge in [0.05, 0.1) is 6.61 Å². The van der Waals surface area contributed by atoms with E-state index in [1.807, 2.05) is 30.5 Å². The van der Waals surface area contributed by atoms with Gasteiger partial charge in [-0.1, -0.05) is 6.07 Å². The normalized spacial score (nSPS) is 15.4. The lowest BCUT2D eigenvalue weighted by Gasteiger charge is -2.09. The van der Waals surface area contributed by atoms with E-state index in [1.165, 1.54) is 16.9 Å². The summed E-state index contributed by atoms with van der Waals surface area (Å²) in [5, 5.41) is 12.9. The van der Waals surface area contributed by atoms with Crippen molar-refractivity contribution in [2.75, 3.05) is 6.61 Å². The van der Waals surface area contributed by atoms with Crippen LogP contribution in [0.1, 0.15) is 27.9 Å². The van der Waals surface area contributed by atoms with Gasteiger partial charge >= 0.3 is 0 Å². The first-order chi connectivity index (χ1) is 8.24. The number of aryl methyl sites for hydroxylation is 1. The van der Waals surface area contributed by atoms with Gasteiger partial charge in [0.25, 0.3) is 0 Å². The molecule has 0 saturated carbocycles. The predicted molar refractivity (Wildman–Crippen MR) is 66.6 cm³/mol. The van der Waals surface area contributed by atoms with E-state index in [1.54, 1.807) is 0 Å². The molecule has 2 aromatic rings. The molecule has 1 aromatic carbocycles. The SMILES string of the molecule is Cc1csc(C(O)c2ccc3c(c2)CCO3)n1. The van der Waals surface area contributed by atoms with Crippen LogP contribution in [-0.4, -0.2) is 16.7 Å². The molecule has 4 heteroatoms. The first kappa shape index (κ1) is 10.7. The zero-order valence-electron chi connectivity index (χ0n) is 9.51. The van der Waals surface area contributed by atoms with Gasteiger partial charge in [0.1, 0.15) is 16.9 Å². The van der Waals surface area contributed by atoms with Gasteiger partial charge in [0.15, 0.2) is 0 Å². The minimum Gasteiger partial charge on any atom is -0.493 e. The molecule has 0 radical (unpaired) electrons. The summed E-state index contributed by atoms with van der Waals surface area (Å²) in [4.78, 5) is 4.32. The number of nitrogens with zero attached hydrogens (tertiary/aromatic N) is 1. The molecule has 1 aromatic heterocycles. The van der Waals surface area contributed by atoms with Crippen LogP contribution < -0.4 is 4.74 Å². The van der Waals surface area contributed by atoms with E-state index < -0.39 is 6.10 Å². The lowest BCUT2D eigenvalue weighted by atomic mass is 10.0. The number of aliphatic hydroxyl groups is 1. The smallest absolute Gasteiger partial charge is 0.131 e. The molecule has 0 aliphatic carbocycles. The average Bonchev–Trinajstić information content (AvgIpc) is 2.95. The van der Waals surface area contributed by atoms with Crippen molar-refractivity contribution in [2.45, 2.75) is 19.4 Å². The van der Waals surface area contributed by atoms with E-state index in [0.717, 1.165) is 35.0 Å². The van der Waals surface area contributed by atoms with Crippen molar-refractivity contribution in [1.29, 1.82) is 0 Å². The van der Waals surface area contributed by atoms with Crippen molar-refractivity contribution in [3.63, 3.8) is 0 Å². The molecule has 0 bridgehead atoms. The summed E-state index contributed by atoms with van der Waals surface area (Å²) < 4.78 is 5.45. The maximum absolute atomic E-state index is 10.2. The Morgan fingerprint density at radius 2 is 2.35 bits per heavy atom. The molecule has 0 spiro atoms. The second-order valence-electron chi connectivity index (χ2n) is 4.20. The van der Waals surface area contributed by atoms with E-state index >= 15 is 0 Å². The molecule has 1 aliphatic heterocycles. The summed E-state index contributed by atoms with van der Waals surface area (Å²) in [5.74, 6) is 0.941. The van der Waals surface area contributed by atoms with Crippen LogP contribution in [0, 0.1) is 6.92 Å². The minimum atomic E-state index is -0.625. The monoisotopic (exact) mass is 247 g/mol. The highest BCUT2D eigenvalue weighted by molar-refractivity contribution is 7.09. The van der Waals surface area contributed by atoms with Crippen molar-refractivity contribution in [2.24, 2.45) is 0 Å². The number of hydrogen-bond donors (Lipinski definition) is 1. The fraction of sp³-hybridized carbons (Fsp3) is 0.308. The third-order valence-electron chi connectivity index (χ3n) is 2.90. The van der Waals surface area contributed by atoms with Gasteiger partial charge < -0.3 is 9.84 Å². The summed E-state index contributed by atoms with van der Waals surface area (Å²) in [6.07, 6.45) is 0.298. The van der Waals surface area contributed by atoms with Gasteiger partial charge in [0, 0.05) is 17.5 Å². The van der Waals surface area contributed by atoms with Crippen LogP contribution in [0.5, 0.6) is 5.75 Å². The second-order valence-corrected chi connectivity index (χ2v) is 5.08. The number of thiazole rings is 1. The second kappa shape index (κ2) is 4.13. The number of rotatable bonds is 2. The Morgan fingerprint density at radius 1 is 1.47 bits per heavy atom. The van der Waals surface area contributed by atoms with Crippen LogP contribution in [0.15, 0.2) is 23.6 Å². The summed E-state index contributed by atoms with van der Waals surface area (Å²) >= 11 is 1.49. The number of benzene rings is 1. The van der Waals surface area contributed by atoms with Gasteiger partial charge in [-0.2, -0.15) is 0 Å². The predicted octanol–water partition coefficient (Wildman–Crippen LogP) is 2.47. The minimum absolute atomic E-state index is 0.625. The van der Waals surface area contributed by atoms with Crippen LogP contribution in [0.3, 0.4) is 0 Å². The summed E-state index contributed by atoms with van der Waals surface area (Å²) in [6.45, 7) is 2.68. The van der Waals surface area contributed by atoms with Gasteiger partial charge in [-0.05, 0) is 30.2 Å². The fourth-order valence-corrected chi connectivity index (χ4v) is 2.82. The number of hydrogen-bond acceptors (Lipinski definition) is 4. The Bertz CT molecular complexity index is 550. The molecule has 1 unspecified atom stereocenters. The number of aliphatic hydroxyl groups excluding tert-OH is 1.